The molecule has 3 heterocycles. The van der Waals surface area contributed by atoms with Crippen LogP contribution in [0.4, 0.5) is 5.00 Å². The lowest BCUT2D eigenvalue weighted by Crippen LogP contribution is -2.30. The maximum atomic E-state index is 12.6. The largest absolute Gasteiger partial charge is 0.497 e. The average molecular weight is 356 g/mol. The first-order valence-corrected chi connectivity index (χ1v) is 9.61. The molecule has 0 aliphatic carbocycles. The summed E-state index contributed by atoms with van der Waals surface area (Å²) >= 11 is 1.72. The SMILES string of the molecule is COc1ccc(CN2CC[C@]3(CC(=O)N(c4ccc(C)s4)C3)C2)cc1. The van der Waals surface area contributed by atoms with Crippen LogP contribution in [0.3, 0.4) is 0 Å². The molecule has 1 aromatic heterocycles. The molecule has 1 spiro atoms. The number of hydrogen-bond donors (Lipinski definition) is 0. The fraction of sp³-hybridized carbons (Fsp3) is 0.450. The van der Waals surface area contributed by atoms with Gasteiger partial charge in [0.05, 0.1) is 12.1 Å². The first-order chi connectivity index (χ1) is 12.1. The molecular weight excluding hydrogens is 332 g/mol. The van der Waals surface area contributed by atoms with Crippen molar-refractivity contribution < 1.29 is 9.53 Å². The van der Waals surface area contributed by atoms with E-state index in [9.17, 15) is 4.79 Å². The van der Waals surface area contributed by atoms with Crippen LogP contribution in [0.25, 0.3) is 0 Å². The van der Waals surface area contributed by atoms with Crippen LogP contribution in [0.15, 0.2) is 36.4 Å². The van der Waals surface area contributed by atoms with Gasteiger partial charge in [0.15, 0.2) is 0 Å². The molecule has 2 fully saturated rings. The summed E-state index contributed by atoms with van der Waals surface area (Å²) in [5.74, 6) is 1.18. The molecule has 132 valence electrons. The predicted molar refractivity (Wildman–Crippen MR) is 101 cm³/mol. The normalized spacial score (nSPS) is 23.8. The zero-order valence-corrected chi connectivity index (χ0v) is 15.6. The molecule has 25 heavy (non-hydrogen) atoms. The zero-order chi connectivity index (χ0) is 17.4. The third-order valence-electron chi connectivity index (χ3n) is 5.40. The zero-order valence-electron chi connectivity index (χ0n) is 14.8. The van der Waals surface area contributed by atoms with Crippen molar-refractivity contribution >= 4 is 22.2 Å². The van der Waals surface area contributed by atoms with Gasteiger partial charge in [-0.3, -0.25) is 9.69 Å². The fourth-order valence-corrected chi connectivity index (χ4v) is 4.97. The fourth-order valence-electron chi connectivity index (χ4n) is 4.09. The first kappa shape index (κ1) is 16.6. The number of rotatable bonds is 4. The summed E-state index contributed by atoms with van der Waals surface area (Å²) in [6.45, 7) is 5.97. The van der Waals surface area contributed by atoms with Gasteiger partial charge in [-0.1, -0.05) is 12.1 Å². The van der Waals surface area contributed by atoms with E-state index in [2.05, 4.69) is 36.1 Å². The standard InChI is InChI=1S/C20H24N2O2S/c1-15-3-8-19(25-15)22-14-20(11-18(22)23)9-10-21(13-20)12-16-4-6-17(24-2)7-5-16/h3-8H,9-14H2,1-2H3/t20-/m0/s1. The Balaban J connectivity index is 1.42. The van der Waals surface area contributed by atoms with Crippen LogP contribution in [-0.4, -0.2) is 37.6 Å². The smallest absolute Gasteiger partial charge is 0.228 e. The van der Waals surface area contributed by atoms with E-state index in [1.54, 1.807) is 18.4 Å². The van der Waals surface area contributed by atoms with E-state index in [0.717, 1.165) is 43.4 Å². The van der Waals surface area contributed by atoms with Gasteiger partial charge in [-0.05, 0) is 49.7 Å². The molecule has 0 bridgehead atoms. The molecule has 1 aromatic carbocycles. The Morgan fingerprint density at radius 1 is 1.16 bits per heavy atom. The monoisotopic (exact) mass is 356 g/mol. The van der Waals surface area contributed by atoms with E-state index in [-0.39, 0.29) is 11.3 Å². The number of methoxy groups -OCH3 is 1. The third-order valence-corrected chi connectivity index (χ3v) is 6.42. The summed E-state index contributed by atoms with van der Waals surface area (Å²) in [5.41, 5.74) is 1.43. The number of aryl methyl sites for hydroxylation is 1. The van der Waals surface area contributed by atoms with Gasteiger partial charge in [-0.2, -0.15) is 0 Å². The van der Waals surface area contributed by atoms with Gasteiger partial charge in [0.2, 0.25) is 5.91 Å². The number of carbonyl (C=O) groups excluding carboxylic acids is 1. The third kappa shape index (κ3) is 3.31. The van der Waals surface area contributed by atoms with Crippen molar-refractivity contribution in [3.8, 4) is 5.75 Å². The summed E-state index contributed by atoms with van der Waals surface area (Å²) in [6.07, 6.45) is 1.79. The lowest BCUT2D eigenvalue weighted by atomic mass is 9.86. The summed E-state index contributed by atoms with van der Waals surface area (Å²) in [7, 11) is 1.69. The van der Waals surface area contributed by atoms with E-state index < -0.39 is 0 Å². The minimum absolute atomic E-state index is 0.126. The van der Waals surface area contributed by atoms with Crippen molar-refractivity contribution in [2.45, 2.75) is 26.3 Å². The van der Waals surface area contributed by atoms with Crippen molar-refractivity contribution in [3.63, 3.8) is 0 Å². The highest BCUT2D eigenvalue weighted by atomic mass is 32.1. The maximum absolute atomic E-state index is 12.6. The summed E-state index contributed by atoms with van der Waals surface area (Å²) < 4.78 is 5.23. The second-order valence-electron chi connectivity index (χ2n) is 7.35. The number of ether oxygens (including phenoxy) is 1. The lowest BCUT2D eigenvalue weighted by molar-refractivity contribution is -0.117. The second-order valence-corrected chi connectivity index (χ2v) is 8.62. The van der Waals surface area contributed by atoms with Crippen LogP contribution in [0.1, 0.15) is 23.3 Å². The van der Waals surface area contributed by atoms with Crippen LogP contribution in [0.2, 0.25) is 0 Å². The van der Waals surface area contributed by atoms with Crippen LogP contribution >= 0.6 is 11.3 Å². The molecule has 1 atom stereocenters. The summed E-state index contributed by atoms with van der Waals surface area (Å²) in [6, 6.07) is 12.5. The van der Waals surface area contributed by atoms with Crippen molar-refractivity contribution in [2.75, 3.05) is 31.6 Å². The predicted octanol–water partition coefficient (Wildman–Crippen LogP) is 3.69. The number of nitrogens with zero attached hydrogens (tertiary/aromatic N) is 2. The molecule has 2 aliphatic rings. The number of hydrogen-bond acceptors (Lipinski definition) is 4. The van der Waals surface area contributed by atoms with E-state index in [1.165, 1.54) is 10.4 Å². The molecule has 4 rings (SSSR count). The first-order valence-electron chi connectivity index (χ1n) is 8.79. The minimum Gasteiger partial charge on any atom is -0.497 e. The maximum Gasteiger partial charge on any atom is 0.228 e. The highest BCUT2D eigenvalue weighted by Crippen LogP contribution is 2.43. The van der Waals surface area contributed by atoms with E-state index in [1.807, 2.05) is 17.0 Å². The van der Waals surface area contributed by atoms with Gasteiger partial charge in [0, 0.05) is 36.3 Å². The van der Waals surface area contributed by atoms with Gasteiger partial charge in [0.1, 0.15) is 5.75 Å². The molecule has 5 heteroatoms. The van der Waals surface area contributed by atoms with Gasteiger partial charge in [0.25, 0.3) is 0 Å². The number of carbonyl (C=O) groups is 1. The molecule has 0 unspecified atom stereocenters. The Labute approximate surface area is 153 Å². The quantitative estimate of drug-likeness (QED) is 0.837. The number of anilines is 1. The topological polar surface area (TPSA) is 32.8 Å². The Hall–Kier alpha value is -1.85. The van der Waals surface area contributed by atoms with Gasteiger partial charge < -0.3 is 9.64 Å². The number of amides is 1. The summed E-state index contributed by atoms with van der Waals surface area (Å²) in [5, 5.41) is 1.10. The van der Waals surface area contributed by atoms with Crippen molar-refractivity contribution in [2.24, 2.45) is 5.41 Å². The van der Waals surface area contributed by atoms with Crippen molar-refractivity contribution in [1.29, 1.82) is 0 Å². The lowest BCUT2D eigenvalue weighted by Gasteiger charge is -2.24. The molecule has 2 aromatic rings. The van der Waals surface area contributed by atoms with Gasteiger partial charge in [-0.15, -0.1) is 11.3 Å². The van der Waals surface area contributed by atoms with Crippen molar-refractivity contribution in [3.05, 3.63) is 46.8 Å². The molecule has 0 saturated carbocycles. The van der Waals surface area contributed by atoms with E-state index >= 15 is 0 Å². The average Bonchev–Trinajstić information content (AvgIpc) is 3.28. The van der Waals surface area contributed by atoms with E-state index in [4.69, 9.17) is 4.74 Å². The molecule has 0 radical (unpaired) electrons. The molecule has 4 nitrogen and oxygen atoms in total. The van der Waals surface area contributed by atoms with Crippen LogP contribution in [-0.2, 0) is 11.3 Å². The van der Waals surface area contributed by atoms with Crippen LogP contribution in [0.5, 0.6) is 5.75 Å². The van der Waals surface area contributed by atoms with Crippen LogP contribution in [0, 0.1) is 12.3 Å². The molecule has 2 saturated heterocycles. The Kier molecular flexibility index (Phi) is 4.29. The minimum atomic E-state index is 0.126. The molecular formula is C20H24N2O2S. The van der Waals surface area contributed by atoms with Crippen molar-refractivity contribution in [1.82, 2.24) is 4.90 Å². The summed E-state index contributed by atoms with van der Waals surface area (Å²) in [4.78, 5) is 18.3. The van der Waals surface area contributed by atoms with E-state index in [0.29, 0.717) is 6.42 Å². The Morgan fingerprint density at radius 2 is 1.96 bits per heavy atom. The van der Waals surface area contributed by atoms with Gasteiger partial charge >= 0.3 is 0 Å². The molecule has 1 amide bonds. The van der Waals surface area contributed by atoms with Crippen LogP contribution < -0.4 is 9.64 Å². The Bertz CT molecular complexity index is 770. The highest BCUT2D eigenvalue weighted by molar-refractivity contribution is 7.16. The molecule has 0 N–H and O–H groups in total. The Morgan fingerprint density at radius 3 is 2.64 bits per heavy atom. The van der Waals surface area contributed by atoms with Gasteiger partial charge in [-0.25, -0.2) is 0 Å². The highest BCUT2D eigenvalue weighted by Gasteiger charge is 2.47. The number of likely N-dealkylation sites (tertiary alicyclic amines) is 1. The number of thiophene rings is 1. The number of benzene rings is 1. The second kappa shape index (κ2) is 6.46. The molecule has 2 aliphatic heterocycles.